The van der Waals surface area contributed by atoms with Crippen molar-refractivity contribution in [2.45, 2.75) is 11.8 Å². The molecule has 0 bridgehead atoms. The monoisotopic (exact) mass is 397 g/mol. The Labute approximate surface area is 137 Å². The number of carbonyl (C=O) groups excluding carboxylic acids is 1. The first-order chi connectivity index (χ1) is 9.68. The van der Waals surface area contributed by atoms with Crippen molar-refractivity contribution in [1.82, 2.24) is 5.32 Å². The minimum atomic E-state index is 0.000355. The second kappa shape index (κ2) is 7.69. The molecule has 4 heteroatoms. The van der Waals surface area contributed by atoms with Crippen molar-refractivity contribution in [3.63, 3.8) is 0 Å². The highest BCUT2D eigenvalue weighted by atomic mass is 127. The van der Waals surface area contributed by atoms with Crippen molar-refractivity contribution in [3.8, 4) is 0 Å². The highest BCUT2D eigenvalue weighted by molar-refractivity contribution is 14.1. The van der Waals surface area contributed by atoms with Gasteiger partial charge in [-0.15, -0.1) is 11.8 Å². The SMILES string of the molecule is Cc1ccccc1SCCNC(=O)c1ccccc1I. The number of halogens is 1. The predicted molar refractivity (Wildman–Crippen MR) is 93.4 cm³/mol. The Kier molecular flexibility index (Phi) is 5.91. The Hall–Kier alpha value is -1.01. The van der Waals surface area contributed by atoms with Gasteiger partial charge in [-0.1, -0.05) is 30.3 Å². The number of thioether (sulfide) groups is 1. The first-order valence-electron chi connectivity index (χ1n) is 6.39. The number of rotatable bonds is 5. The van der Waals surface area contributed by atoms with Crippen molar-refractivity contribution in [3.05, 3.63) is 63.2 Å². The standard InChI is InChI=1S/C16H16INOS/c1-12-6-2-5-9-15(12)20-11-10-18-16(19)13-7-3-4-8-14(13)17/h2-9H,10-11H2,1H3,(H,18,19). The van der Waals surface area contributed by atoms with Gasteiger partial charge < -0.3 is 5.32 Å². The maximum atomic E-state index is 12.0. The molecule has 0 spiro atoms. The van der Waals surface area contributed by atoms with E-state index in [1.807, 2.05) is 36.4 Å². The Morgan fingerprint density at radius 1 is 1.15 bits per heavy atom. The zero-order valence-electron chi connectivity index (χ0n) is 11.2. The van der Waals surface area contributed by atoms with Gasteiger partial charge in [0.25, 0.3) is 5.91 Å². The van der Waals surface area contributed by atoms with E-state index in [1.54, 1.807) is 11.8 Å². The van der Waals surface area contributed by atoms with Crippen LogP contribution in [0.15, 0.2) is 53.4 Å². The largest absolute Gasteiger partial charge is 0.351 e. The third-order valence-corrected chi connectivity index (χ3v) is 4.98. The average molecular weight is 397 g/mol. The Bertz CT molecular complexity index is 601. The molecule has 0 radical (unpaired) electrons. The number of hydrogen-bond acceptors (Lipinski definition) is 2. The lowest BCUT2D eigenvalue weighted by Crippen LogP contribution is -2.26. The second-order valence-corrected chi connectivity index (χ2v) is 6.65. The van der Waals surface area contributed by atoms with E-state index < -0.39 is 0 Å². The molecule has 0 aliphatic rings. The number of amides is 1. The molecule has 1 N–H and O–H groups in total. The summed E-state index contributed by atoms with van der Waals surface area (Å²) in [6.45, 7) is 2.77. The predicted octanol–water partition coefficient (Wildman–Crippen LogP) is 4.12. The molecule has 0 aliphatic carbocycles. The zero-order valence-corrected chi connectivity index (χ0v) is 14.2. The first kappa shape index (κ1) is 15.4. The molecule has 0 fully saturated rings. The van der Waals surface area contributed by atoms with Crippen LogP contribution < -0.4 is 5.32 Å². The van der Waals surface area contributed by atoms with Crippen LogP contribution in [0.25, 0.3) is 0 Å². The third kappa shape index (κ3) is 4.24. The number of hydrogen-bond donors (Lipinski definition) is 1. The number of aryl methyl sites for hydroxylation is 1. The Morgan fingerprint density at radius 3 is 2.60 bits per heavy atom. The van der Waals surface area contributed by atoms with Gasteiger partial charge in [0.05, 0.1) is 5.56 Å². The number of nitrogens with one attached hydrogen (secondary N) is 1. The van der Waals surface area contributed by atoms with Gasteiger partial charge in [0, 0.05) is 20.8 Å². The molecular weight excluding hydrogens is 381 g/mol. The van der Waals surface area contributed by atoms with Gasteiger partial charge in [-0.05, 0) is 53.3 Å². The molecule has 0 aromatic heterocycles. The molecule has 0 saturated carbocycles. The summed E-state index contributed by atoms with van der Waals surface area (Å²) in [5, 5.41) is 2.96. The maximum Gasteiger partial charge on any atom is 0.252 e. The fourth-order valence-corrected chi connectivity index (χ4v) is 3.31. The van der Waals surface area contributed by atoms with Crippen LogP contribution in [-0.4, -0.2) is 18.2 Å². The summed E-state index contributed by atoms with van der Waals surface area (Å²) in [6.07, 6.45) is 0. The molecule has 2 aromatic carbocycles. The van der Waals surface area contributed by atoms with Crippen molar-refractivity contribution in [1.29, 1.82) is 0 Å². The van der Waals surface area contributed by atoms with Crippen molar-refractivity contribution in [2.75, 3.05) is 12.3 Å². The summed E-state index contributed by atoms with van der Waals surface area (Å²) >= 11 is 3.96. The van der Waals surface area contributed by atoms with Crippen LogP contribution in [0, 0.1) is 10.5 Å². The zero-order chi connectivity index (χ0) is 14.4. The normalized spacial score (nSPS) is 10.3. The van der Waals surface area contributed by atoms with E-state index in [9.17, 15) is 4.79 Å². The van der Waals surface area contributed by atoms with E-state index in [4.69, 9.17) is 0 Å². The van der Waals surface area contributed by atoms with E-state index in [0.717, 1.165) is 14.9 Å². The van der Waals surface area contributed by atoms with Gasteiger partial charge in [0.1, 0.15) is 0 Å². The molecule has 0 saturated heterocycles. The smallest absolute Gasteiger partial charge is 0.252 e. The minimum absolute atomic E-state index is 0.000355. The summed E-state index contributed by atoms with van der Waals surface area (Å²) in [6, 6.07) is 15.9. The molecule has 0 heterocycles. The van der Waals surface area contributed by atoms with Crippen LogP contribution in [0.1, 0.15) is 15.9 Å². The van der Waals surface area contributed by atoms with E-state index >= 15 is 0 Å². The van der Waals surface area contributed by atoms with Crippen LogP contribution in [0.2, 0.25) is 0 Å². The van der Waals surface area contributed by atoms with Crippen LogP contribution in [0.4, 0.5) is 0 Å². The van der Waals surface area contributed by atoms with Crippen molar-refractivity contribution in [2.24, 2.45) is 0 Å². The quantitative estimate of drug-likeness (QED) is 0.467. The lowest BCUT2D eigenvalue weighted by Gasteiger charge is -2.08. The Balaban J connectivity index is 1.81. The highest BCUT2D eigenvalue weighted by Crippen LogP contribution is 2.21. The summed E-state index contributed by atoms with van der Waals surface area (Å²) in [7, 11) is 0. The molecule has 20 heavy (non-hydrogen) atoms. The number of carbonyl (C=O) groups is 1. The van der Waals surface area contributed by atoms with Gasteiger partial charge in [-0.2, -0.15) is 0 Å². The van der Waals surface area contributed by atoms with E-state index in [1.165, 1.54) is 10.5 Å². The van der Waals surface area contributed by atoms with Crippen molar-refractivity contribution >= 4 is 40.3 Å². The molecule has 1 amide bonds. The van der Waals surface area contributed by atoms with Gasteiger partial charge in [0.15, 0.2) is 0 Å². The van der Waals surface area contributed by atoms with Crippen LogP contribution in [0.3, 0.4) is 0 Å². The molecule has 104 valence electrons. The van der Waals surface area contributed by atoms with Crippen molar-refractivity contribution < 1.29 is 4.79 Å². The van der Waals surface area contributed by atoms with Crippen LogP contribution >= 0.6 is 34.4 Å². The molecule has 2 nitrogen and oxygen atoms in total. The molecule has 0 atom stereocenters. The van der Waals surface area contributed by atoms with Gasteiger partial charge in [-0.25, -0.2) is 0 Å². The Morgan fingerprint density at radius 2 is 1.85 bits per heavy atom. The fourth-order valence-electron chi connectivity index (χ4n) is 1.78. The van der Waals surface area contributed by atoms with E-state index in [2.05, 4.69) is 47.0 Å². The second-order valence-electron chi connectivity index (χ2n) is 4.35. The van der Waals surface area contributed by atoms with Crippen LogP contribution in [-0.2, 0) is 0 Å². The summed E-state index contributed by atoms with van der Waals surface area (Å²) in [5.41, 5.74) is 2.02. The van der Waals surface area contributed by atoms with Gasteiger partial charge in [0.2, 0.25) is 0 Å². The lowest BCUT2D eigenvalue weighted by atomic mass is 10.2. The molecule has 0 aliphatic heterocycles. The molecular formula is C16H16INOS. The summed E-state index contributed by atoms with van der Waals surface area (Å²) in [5.74, 6) is 0.875. The summed E-state index contributed by atoms with van der Waals surface area (Å²) in [4.78, 5) is 13.3. The van der Waals surface area contributed by atoms with E-state index in [-0.39, 0.29) is 5.91 Å². The molecule has 2 aromatic rings. The summed E-state index contributed by atoms with van der Waals surface area (Å²) < 4.78 is 0.981. The highest BCUT2D eigenvalue weighted by Gasteiger charge is 2.08. The molecule has 0 unspecified atom stereocenters. The lowest BCUT2D eigenvalue weighted by molar-refractivity contribution is 0.0955. The van der Waals surface area contributed by atoms with Crippen LogP contribution in [0.5, 0.6) is 0 Å². The topological polar surface area (TPSA) is 29.1 Å². The first-order valence-corrected chi connectivity index (χ1v) is 8.46. The minimum Gasteiger partial charge on any atom is -0.351 e. The third-order valence-electron chi connectivity index (χ3n) is 2.86. The number of benzene rings is 2. The van der Waals surface area contributed by atoms with Gasteiger partial charge >= 0.3 is 0 Å². The van der Waals surface area contributed by atoms with E-state index in [0.29, 0.717) is 6.54 Å². The van der Waals surface area contributed by atoms with Gasteiger partial charge in [-0.3, -0.25) is 4.79 Å². The average Bonchev–Trinajstić information content (AvgIpc) is 2.45. The maximum absolute atomic E-state index is 12.0. The molecule has 2 rings (SSSR count). The fraction of sp³-hybridized carbons (Fsp3) is 0.188.